The third kappa shape index (κ3) is 5.75. The molecule has 1 aromatic rings. The van der Waals surface area contributed by atoms with Crippen LogP contribution in [0.25, 0.3) is 0 Å². The first-order valence-electron chi connectivity index (χ1n) is 10.2. The Bertz CT molecular complexity index is 678. The van der Waals surface area contributed by atoms with Gasteiger partial charge in [0.2, 0.25) is 0 Å². The molecule has 2 aliphatic rings. The number of allylic oxidation sites excluding steroid dienone is 2. The Morgan fingerprint density at radius 3 is 2.68 bits per heavy atom. The molecule has 0 aromatic heterocycles. The predicted octanol–water partition coefficient (Wildman–Crippen LogP) is 3.54. The van der Waals surface area contributed by atoms with Gasteiger partial charge in [0.15, 0.2) is 0 Å². The van der Waals surface area contributed by atoms with E-state index < -0.39 is 12.2 Å². The average molecular weight is 406 g/mol. The number of hydrogen-bond acceptors (Lipinski definition) is 6. The van der Waals surface area contributed by atoms with Crippen molar-refractivity contribution >= 4 is 23.4 Å². The summed E-state index contributed by atoms with van der Waals surface area (Å²) < 4.78 is 5.57. The highest BCUT2D eigenvalue weighted by Gasteiger charge is 2.40. The van der Waals surface area contributed by atoms with Crippen LogP contribution in [0.5, 0.6) is 0 Å². The number of nitrogens with two attached hydrogens (primary N) is 1. The van der Waals surface area contributed by atoms with Gasteiger partial charge in [-0.25, -0.2) is 0 Å². The lowest BCUT2D eigenvalue weighted by molar-refractivity contribution is -0.149. The lowest BCUT2D eigenvalue weighted by Crippen LogP contribution is -2.35. The van der Waals surface area contributed by atoms with E-state index in [1.807, 2.05) is 31.2 Å². The number of rotatable bonds is 2. The third-order valence-electron chi connectivity index (χ3n) is 5.69. The Kier molecular flexibility index (Phi) is 7.43. The Morgan fingerprint density at radius 1 is 1.18 bits per heavy atom. The van der Waals surface area contributed by atoms with Crippen molar-refractivity contribution in [2.24, 2.45) is 11.8 Å². The van der Waals surface area contributed by atoms with Crippen LogP contribution in [-0.4, -0.2) is 39.7 Å². The minimum absolute atomic E-state index is 0.0662. The molecule has 154 valence electrons. The topological polar surface area (TPSA) is 92.8 Å². The molecular weight excluding hydrogens is 374 g/mol. The first-order chi connectivity index (χ1) is 13.4. The van der Waals surface area contributed by atoms with E-state index in [-0.39, 0.29) is 35.6 Å². The maximum Gasteiger partial charge on any atom is 0.307 e. The third-order valence-corrected chi connectivity index (χ3v) is 6.98. The van der Waals surface area contributed by atoms with Crippen LogP contribution in [0.1, 0.15) is 45.4 Å². The number of cyclic esters (lactones) is 1. The highest BCUT2D eigenvalue weighted by atomic mass is 32.2. The second-order valence-corrected chi connectivity index (χ2v) is 9.35. The summed E-state index contributed by atoms with van der Waals surface area (Å²) >= 11 is 1.48. The zero-order valence-corrected chi connectivity index (χ0v) is 17.2. The summed E-state index contributed by atoms with van der Waals surface area (Å²) in [5.41, 5.74) is 6.45. The average Bonchev–Trinajstić information content (AvgIpc) is 3.02. The molecule has 1 aliphatic heterocycles. The largest absolute Gasteiger partial charge is 0.463 e. The van der Waals surface area contributed by atoms with E-state index in [9.17, 15) is 15.0 Å². The molecule has 6 atom stereocenters. The fourth-order valence-corrected chi connectivity index (χ4v) is 5.41. The molecule has 0 amide bonds. The fraction of sp³-hybridized carbons (Fsp3) is 0.591. The van der Waals surface area contributed by atoms with Gasteiger partial charge in [-0.05, 0) is 75.1 Å². The van der Waals surface area contributed by atoms with Crippen molar-refractivity contribution in [1.82, 2.24) is 0 Å². The first-order valence-corrected chi connectivity index (χ1v) is 11.0. The number of hydrogen-bond donors (Lipinski definition) is 3. The number of esters is 1. The second-order valence-electron chi connectivity index (χ2n) is 8.03. The van der Waals surface area contributed by atoms with Gasteiger partial charge >= 0.3 is 5.97 Å². The molecule has 1 aliphatic carbocycles. The predicted molar refractivity (Wildman–Crippen MR) is 112 cm³/mol. The molecule has 0 radical (unpaired) electrons. The van der Waals surface area contributed by atoms with Crippen LogP contribution in [0.3, 0.4) is 0 Å². The van der Waals surface area contributed by atoms with Gasteiger partial charge in [-0.2, -0.15) is 0 Å². The molecule has 0 unspecified atom stereocenters. The van der Waals surface area contributed by atoms with Crippen molar-refractivity contribution in [3.63, 3.8) is 0 Å². The lowest BCUT2D eigenvalue weighted by atomic mass is 9.87. The summed E-state index contributed by atoms with van der Waals surface area (Å²) in [5.74, 6) is -0.209. The Hall–Kier alpha value is -1.50. The van der Waals surface area contributed by atoms with Crippen molar-refractivity contribution in [2.75, 3.05) is 5.73 Å². The number of aliphatic hydroxyl groups excluding tert-OH is 2. The molecule has 1 heterocycles. The van der Waals surface area contributed by atoms with Crippen LogP contribution in [0.15, 0.2) is 41.3 Å². The van der Waals surface area contributed by atoms with Gasteiger partial charge in [-0.1, -0.05) is 12.2 Å². The molecule has 3 rings (SSSR count). The Balaban J connectivity index is 1.83. The van der Waals surface area contributed by atoms with Crippen LogP contribution in [0.4, 0.5) is 5.69 Å². The summed E-state index contributed by atoms with van der Waals surface area (Å²) in [6.07, 6.45) is 7.12. The smallest absolute Gasteiger partial charge is 0.307 e. The van der Waals surface area contributed by atoms with E-state index in [4.69, 9.17) is 10.5 Å². The normalized spacial score (nSPS) is 35.8. The van der Waals surface area contributed by atoms with E-state index in [0.717, 1.165) is 24.2 Å². The molecule has 0 saturated heterocycles. The zero-order valence-electron chi connectivity index (χ0n) is 16.4. The van der Waals surface area contributed by atoms with Gasteiger partial charge in [0.25, 0.3) is 0 Å². The number of anilines is 1. The fourth-order valence-electron chi connectivity index (χ4n) is 4.21. The van der Waals surface area contributed by atoms with Crippen molar-refractivity contribution in [2.45, 2.75) is 73.9 Å². The first kappa shape index (κ1) is 21.2. The number of benzene rings is 1. The number of fused-ring (bicyclic) bond motifs is 1. The van der Waals surface area contributed by atoms with Crippen LogP contribution in [0, 0.1) is 11.8 Å². The van der Waals surface area contributed by atoms with E-state index in [0.29, 0.717) is 18.5 Å². The molecule has 28 heavy (non-hydrogen) atoms. The number of nitrogen functional groups attached to an aromatic ring is 1. The molecule has 4 N–H and O–H groups in total. The van der Waals surface area contributed by atoms with Crippen LogP contribution in [-0.2, 0) is 9.53 Å². The van der Waals surface area contributed by atoms with Gasteiger partial charge in [-0.3, -0.25) is 4.79 Å². The van der Waals surface area contributed by atoms with E-state index in [1.54, 1.807) is 0 Å². The van der Waals surface area contributed by atoms with E-state index >= 15 is 0 Å². The van der Waals surface area contributed by atoms with Crippen molar-refractivity contribution in [3.05, 3.63) is 36.4 Å². The molecule has 0 bridgehead atoms. The van der Waals surface area contributed by atoms with Gasteiger partial charge in [0.1, 0.15) is 0 Å². The van der Waals surface area contributed by atoms with Gasteiger partial charge < -0.3 is 20.7 Å². The minimum atomic E-state index is -0.710. The lowest BCUT2D eigenvalue weighted by Gasteiger charge is -2.29. The number of aliphatic hydroxyl groups is 2. The Morgan fingerprint density at radius 2 is 1.93 bits per heavy atom. The van der Waals surface area contributed by atoms with Crippen LogP contribution >= 0.6 is 11.8 Å². The van der Waals surface area contributed by atoms with Crippen molar-refractivity contribution < 1.29 is 19.7 Å². The second kappa shape index (κ2) is 9.81. The quantitative estimate of drug-likeness (QED) is 0.396. The van der Waals surface area contributed by atoms with E-state index in [1.165, 1.54) is 11.8 Å². The van der Waals surface area contributed by atoms with Crippen LogP contribution < -0.4 is 5.73 Å². The number of carbonyl (C=O) groups is 1. The molecular formula is C22H31NO4S. The molecule has 1 fully saturated rings. The molecule has 1 aromatic carbocycles. The number of thioether (sulfide) groups is 1. The van der Waals surface area contributed by atoms with Gasteiger partial charge in [0.05, 0.1) is 24.7 Å². The highest BCUT2D eigenvalue weighted by molar-refractivity contribution is 8.00. The minimum Gasteiger partial charge on any atom is -0.463 e. The Labute approximate surface area is 171 Å². The van der Waals surface area contributed by atoms with Crippen molar-refractivity contribution in [1.29, 1.82) is 0 Å². The summed E-state index contributed by atoms with van der Waals surface area (Å²) in [6.45, 7) is 1.92. The summed E-state index contributed by atoms with van der Waals surface area (Å²) in [5, 5.41) is 21.1. The summed E-state index contributed by atoms with van der Waals surface area (Å²) in [6, 6.07) is 7.45. The van der Waals surface area contributed by atoms with E-state index in [2.05, 4.69) is 12.2 Å². The highest BCUT2D eigenvalue weighted by Crippen LogP contribution is 2.41. The summed E-state index contributed by atoms with van der Waals surface area (Å²) in [4.78, 5) is 13.5. The SMILES string of the molecule is C[C@H]1CCC/C=C/[C@@H]2C[C@H](O)C[C@H]2[C@H](O)[C@H](Sc2ccc(N)cc2)CC(=O)O1. The van der Waals surface area contributed by atoms with Crippen LogP contribution in [0.2, 0.25) is 0 Å². The molecule has 5 nitrogen and oxygen atoms in total. The monoisotopic (exact) mass is 405 g/mol. The maximum absolute atomic E-state index is 12.5. The zero-order chi connectivity index (χ0) is 20.1. The van der Waals surface area contributed by atoms with Gasteiger partial charge in [-0.15, -0.1) is 11.8 Å². The van der Waals surface area contributed by atoms with Crippen molar-refractivity contribution in [3.8, 4) is 0 Å². The van der Waals surface area contributed by atoms with Gasteiger partial charge in [0, 0.05) is 15.8 Å². The maximum atomic E-state index is 12.5. The molecule has 0 spiro atoms. The summed E-state index contributed by atoms with van der Waals surface area (Å²) in [7, 11) is 0. The molecule has 6 heteroatoms. The number of carbonyl (C=O) groups excluding carboxylic acids is 1. The molecule has 1 saturated carbocycles. The number of ether oxygens (including phenoxy) is 1. The standard InChI is InChI=1S/C22H31NO4S/c1-14-5-3-2-4-6-15-11-17(24)12-19(15)22(26)20(13-21(25)27-14)28-18-9-7-16(23)8-10-18/h4,6-10,14-15,17,19-20,22,24,26H,2-3,5,11-13,23H2,1H3/b6-4+/t14-,15+,17-,19+,20+,22-/m0/s1.